The molecule has 2 saturated heterocycles. The van der Waals surface area contributed by atoms with Gasteiger partial charge in [0.15, 0.2) is 0 Å². The summed E-state index contributed by atoms with van der Waals surface area (Å²) in [6.07, 6.45) is -3.74. The van der Waals surface area contributed by atoms with E-state index in [2.05, 4.69) is 5.32 Å². The fourth-order valence-corrected chi connectivity index (χ4v) is 3.39. The molecule has 3 rings (SSSR count). The minimum atomic E-state index is -4.66. The van der Waals surface area contributed by atoms with Crippen molar-refractivity contribution in [2.24, 2.45) is 11.8 Å². The smallest absolute Gasteiger partial charge is 0.394 e. The number of aliphatic carboxylic acids is 1. The molecule has 0 spiro atoms. The summed E-state index contributed by atoms with van der Waals surface area (Å²) in [6.45, 7) is 0.227. The Bertz CT molecular complexity index is 672. The van der Waals surface area contributed by atoms with Crippen molar-refractivity contribution in [3.63, 3.8) is 0 Å². The van der Waals surface area contributed by atoms with Crippen molar-refractivity contribution in [1.29, 1.82) is 0 Å². The fourth-order valence-electron chi connectivity index (χ4n) is 3.39. The van der Waals surface area contributed by atoms with Gasteiger partial charge in [-0.1, -0.05) is 12.1 Å². The van der Waals surface area contributed by atoms with Gasteiger partial charge in [-0.25, -0.2) is 4.79 Å². The van der Waals surface area contributed by atoms with Crippen molar-refractivity contribution < 1.29 is 32.6 Å². The van der Waals surface area contributed by atoms with Gasteiger partial charge in [0, 0.05) is 31.3 Å². The van der Waals surface area contributed by atoms with Crippen LogP contribution in [0.5, 0.6) is 0 Å². The molecule has 2 aliphatic heterocycles. The van der Waals surface area contributed by atoms with E-state index in [0.29, 0.717) is 24.8 Å². The largest absolute Gasteiger partial charge is 0.481 e. The second-order valence-corrected chi connectivity index (χ2v) is 6.61. The van der Waals surface area contributed by atoms with E-state index in [1.165, 1.54) is 0 Å². The number of halogens is 3. The molecule has 26 heavy (non-hydrogen) atoms. The van der Waals surface area contributed by atoms with E-state index in [9.17, 15) is 22.8 Å². The van der Waals surface area contributed by atoms with Gasteiger partial charge in [0.05, 0.1) is 18.4 Å². The minimum absolute atomic E-state index is 0.308. The van der Waals surface area contributed by atoms with Gasteiger partial charge in [0.25, 0.3) is 0 Å². The van der Waals surface area contributed by atoms with Crippen LogP contribution in [0, 0.1) is 11.8 Å². The van der Waals surface area contributed by atoms with Gasteiger partial charge in [0.1, 0.15) is 0 Å². The molecule has 2 amide bonds. The third kappa shape index (κ3) is 3.92. The molecule has 1 unspecified atom stereocenters. The molecule has 2 N–H and O–H groups in total. The Kier molecular flexibility index (Phi) is 5.08. The summed E-state index contributed by atoms with van der Waals surface area (Å²) in [7, 11) is 0. The summed E-state index contributed by atoms with van der Waals surface area (Å²) >= 11 is 0. The van der Waals surface area contributed by atoms with Gasteiger partial charge in [0.2, 0.25) is 0 Å². The number of rotatable bonds is 3. The van der Waals surface area contributed by atoms with Crippen LogP contribution in [0.2, 0.25) is 0 Å². The fraction of sp³-hybridized carbons (Fsp3) is 0.529. The maximum atomic E-state index is 13.0. The molecule has 2 heterocycles. The summed E-state index contributed by atoms with van der Waals surface area (Å²) in [4.78, 5) is 24.2. The number of likely N-dealkylation sites (tertiary alicyclic amines) is 1. The van der Waals surface area contributed by atoms with Crippen LogP contribution in [0.4, 0.5) is 23.7 Å². The van der Waals surface area contributed by atoms with E-state index in [-0.39, 0.29) is 0 Å². The number of amides is 2. The lowest BCUT2D eigenvalue weighted by Crippen LogP contribution is -2.35. The topological polar surface area (TPSA) is 78.9 Å². The van der Waals surface area contributed by atoms with Crippen LogP contribution < -0.4 is 5.32 Å². The number of hydrogen-bond donors (Lipinski definition) is 2. The molecule has 0 radical (unpaired) electrons. The zero-order chi connectivity index (χ0) is 18.9. The van der Waals surface area contributed by atoms with E-state index >= 15 is 0 Å². The number of carboxylic acid groups (broad SMARTS) is 1. The molecule has 0 aliphatic carbocycles. The highest BCUT2D eigenvalue weighted by molar-refractivity contribution is 5.90. The summed E-state index contributed by atoms with van der Waals surface area (Å²) in [6, 6.07) is 6.31. The number of alkyl halides is 3. The van der Waals surface area contributed by atoms with Crippen LogP contribution in [0.3, 0.4) is 0 Å². The quantitative estimate of drug-likeness (QED) is 0.855. The van der Waals surface area contributed by atoms with Gasteiger partial charge < -0.3 is 20.1 Å². The van der Waals surface area contributed by atoms with Crippen LogP contribution in [0.15, 0.2) is 24.3 Å². The molecule has 2 fully saturated rings. The molecule has 1 aromatic carbocycles. The van der Waals surface area contributed by atoms with Crippen molar-refractivity contribution in [1.82, 2.24) is 4.90 Å². The maximum Gasteiger partial charge on any atom is 0.394 e. The Hall–Kier alpha value is -2.29. The van der Waals surface area contributed by atoms with Crippen LogP contribution in [-0.4, -0.2) is 54.5 Å². The highest BCUT2D eigenvalue weighted by Crippen LogP contribution is 2.38. The molecule has 6 nitrogen and oxygen atoms in total. The average molecular weight is 372 g/mol. The number of carboxylic acids is 1. The maximum absolute atomic E-state index is 13.0. The second-order valence-electron chi connectivity index (χ2n) is 6.61. The zero-order valence-corrected chi connectivity index (χ0v) is 13.8. The number of carbonyl (C=O) groups excluding carboxylic acids is 1. The molecule has 142 valence electrons. The van der Waals surface area contributed by atoms with Gasteiger partial charge in [-0.2, -0.15) is 13.2 Å². The molecule has 1 aromatic rings. The van der Waals surface area contributed by atoms with Crippen LogP contribution >= 0.6 is 0 Å². The van der Waals surface area contributed by atoms with E-state index in [0.717, 1.165) is 16.9 Å². The van der Waals surface area contributed by atoms with Crippen molar-refractivity contribution in [2.45, 2.75) is 18.5 Å². The predicted molar refractivity (Wildman–Crippen MR) is 85.9 cm³/mol. The Labute approximate surface area is 147 Å². The number of carbonyl (C=O) groups is 2. The number of ether oxygens (including phenoxy) is 1. The summed E-state index contributed by atoms with van der Waals surface area (Å²) in [5.74, 6) is -4.95. The number of urea groups is 1. The van der Waals surface area contributed by atoms with Crippen molar-refractivity contribution in [2.75, 3.05) is 31.6 Å². The molecule has 9 heteroatoms. The van der Waals surface area contributed by atoms with Crippen molar-refractivity contribution in [3.05, 3.63) is 29.8 Å². The van der Waals surface area contributed by atoms with Gasteiger partial charge >= 0.3 is 18.2 Å². The zero-order valence-electron chi connectivity index (χ0n) is 13.8. The first-order valence-corrected chi connectivity index (χ1v) is 8.29. The lowest BCUT2D eigenvalue weighted by molar-refractivity contribution is -0.187. The van der Waals surface area contributed by atoms with Crippen LogP contribution in [0.25, 0.3) is 0 Å². The Morgan fingerprint density at radius 1 is 1.19 bits per heavy atom. The molecule has 0 aromatic heterocycles. The minimum Gasteiger partial charge on any atom is -0.481 e. The van der Waals surface area contributed by atoms with E-state index < -0.39 is 43.1 Å². The van der Waals surface area contributed by atoms with Crippen LogP contribution in [0.1, 0.15) is 17.9 Å². The van der Waals surface area contributed by atoms with E-state index in [1.807, 2.05) is 12.1 Å². The first kappa shape index (κ1) is 18.5. The van der Waals surface area contributed by atoms with Gasteiger partial charge in [-0.15, -0.1) is 0 Å². The number of benzene rings is 1. The SMILES string of the molecule is O=C(O)[C@@H]1CN(C(=O)Nc2ccc(C3CCOC3)cc2)C[C@H]1C(F)(F)F. The standard InChI is InChI=1S/C17H19F3N2O4/c18-17(19,20)14-8-22(7-13(14)15(23)24)16(25)21-12-3-1-10(2-4-12)11-5-6-26-9-11/h1-4,11,13-14H,5-9H2,(H,21,25)(H,23,24)/t11?,13-,14-/m1/s1. The number of nitrogens with one attached hydrogen (secondary N) is 1. The summed E-state index contributed by atoms with van der Waals surface area (Å²) < 4.78 is 44.3. The van der Waals surface area contributed by atoms with Crippen molar-refractivity contribution >= 4 is 17.7 Å². The molecule has 0 saturated carbocycles. The molecule has 2 aliphatic rings. The lowest BCUT2D eigenvalue weighted by atomic mass is 9.96. The van der Waals surface area contributed by atoms with Crippen molar-refractivity contribution in [3.8, 4) is 0 Å². The molecule has 3 atom stereocenters. The summed E-state index contributed by atoms with van der Waals surface area (Å²) in [5.41, 5.74) is 1.52. The Morgan fingerprint density at radius 3 is 2.38 bits per heavy atom. The highest BCUT2D eigenvalue weighted by atomic mass is 19.4. The van der Waals surface area contributed by atoms with E-state index in [1.54, 1.807) is 12.1 Å². The Morgan fingerprint density at radius 2 is 1.88 bits per heavy atom. The van der Waals surface area contributed by atoms with Crippen LogP contribution in [-0.2, 0) is 9.53 Å². The first-order valence-electron chi connectivity index (χ1n) is 8.29. The molecule has 0 bridgehead atoms. The third-order valence-corrected chi connectivity index (χ3v) is 4.91. The molecular formula is C17H19F3N2O4. The summed E-state index contributed by atoms with van der Waals surface area (Å²) in [5, 5.41) is 11.5. The predicted octanol–water partition coefficient (Wildman–Crippen LogP) is 2.92. The number of hydrogen-bond acceptors (Lipinski definition) is 3. The average Bonchev–Trinajstić information content (AvgIpc) is 3.25. The third-order valence-electron chi connectivity index (χ3n) is 4.91. The number of anilines is 1. The molecular weight excluding hydrogens is 353 g/mol. The Balaban J connectivity index is 1.63. The first-order chi connectivity index (χ1) is 12.3. The van der Waals surface area contributed by atoms with Gasteiger partial charge in [-0.05, 0) is 24.1 Å². The lowest BCUT2D eigenvalue weighted by Gasteiger charge is -2.19. The highest BCUT2D eigenvalue weighted by Gasteiger charge is 2.53. The number of nitrogens with zero attached hydrogens (tertiary/aromatic N) is 1. The normalized spacial score (nSPS) is 26.1. The second kappa shape index (κ2) is 7.14. The monoisotopic (exact) mass is 372 g/mol. The van der Waals surface area contributed by atoms with Gasteiger partial charge in [-0.3, -0.25) is 4.79 Å². The van der Waals surface area contributed by atoms with E-state index in [4.69, 9.17) is 9.84 Å².